The van der Waals surface area contributed by atoms with Gasteiger partial charge in [-0.2, -0.15) is 0 Å². The summed E-state index contributed by atoms with van der Waals surface area (Å²) in [5.74, 6) is 1.000. The van der Waals surface area contributed by atoms with Gasteiger partial charge in [0.15, 0.2) is 5.82 Å². The molecule has 5 aliphatic heterocycles. The second kappa shape index (κ2) is 19.2. The van der Waals surface area contributed by atoms with Crippen molar-refractivity contribution in [3.8, 4) is 27.4 Å². The van der Waals surface area contributed by atoms with Gasteiger partial charge in [-0.15, -0.1) is 21.5 Å². The number of aryl methyl sites for hydroxylation is 1. The summed E-state index contributed by atoms with van der Waals surface area (Å²) in [6.07, 6.45) is 12.5. The predicted molar refractivity (Wildman–Crippen MR) is 286 cm³/mol. The molecular weight excluding hydrogens is 965 g/mol. The number of carbonyl (C=O) groups is 3. The van der Waals surface area contributed by atoms with Gasteiger partial charge in [0.25, 0.3) is 0 Å². The van der Waals surface area contributed by atoms with E-state index in [0.29, 0.717) is 41.1 Å². The third kappa shape index (κ3) is 9.12. The summed E-state index contributed by atoms with van der Waals surface area (Å²) in [5, 5.41) is 36.3. The lowest BCUT2D eigenvalue weighted by Gasteiger charge is -2.72. The number of piperazine rings is 1. The maximum absolute atomic E-state index is 14.5. The minimum Gasteiger partial charge on any atom is -0.507 e. The van der Waals surface area contributed by atoms with Crippen molar-refractivity contribution in [3.63, 3.8) is 0 Å². The van der Waals surface area contributed by atoms with E-state index in [1.165, 1.54) is 10.5 Å². The number of aromatic hydroxyl groups is 1. The van der Waals surface area contributed by atoms with E-state index in [1.54, 1.807) is 23.5 Å². The molecule has 2 aliphatic carbocycles. The lowest BCUT2D eigenvalue weighted by molar-refractivity contribution is -0.216. The standard InChI is InChI=1S/C57H70N12O5S/c1-33-48(75-32-61-33)35-9-13-38(14-10-35)56(19-20-56)63-52(73)46-23-42(70)31-68(46)53(74)49(55(2,3)4)62-51(72)36-11-15-39(16-12-36)66-21-17-34(18-22-66)37-27-59-54(60-28-37)57-25-40-29-67(30-41(26-57)69(40)57)45-24-44(64-65-50(45)58)43-7-5-6-8-47(43)71/h5-10,13-14,24,27-28,32,34,36,39-42,46,49,70-71H,11-12,15-23,25-26,29-31H2,1-4H3,(H2,58,65)(H,62,72)(H,63,73)/t36-,39-,40?,41?,42-,46+,49-,57?/m1/s1. The lowest BCUT2D eigenvalue weighted by atomic mass is 9.62. The number of nitrogens with zero attached hydrogens (tertiary/aromatic N) is 9. The Morgan fingerprint density at radius 3 is 2.19 bits per heavy atom. The molecule has 2 unspecified atom stereocenters. The highest BCUT2D eigenvalue weighted by Gasteiger charge is 2.67. The van der Waals surface area contributed by atoms with Crippen molar-refractivity contribution in [1.29, 1.82) is 0 Å². The van der Waals surface area contributed by atoms with Gasteiger partial charge in [-0.25, -0.2) is 15.0 Å². The molecule has 5 aromatic rings. The Balaban J connectivity index is 0.609. The van der Waals surface area contributed by atoms with E-state index in [2.05, 4.69) is 77.2 Å². The monoisotopic (exact) mass is 1030 g/mol. The molecule has 5 saturated heterocycles. The van der Waals surface area contributed by atoms with Crippen molar-refractivity contribution >= 4 is 40.6 Å². The Kier molecular flexibility index (Phi) is 12.7. The second-order valence-electron chi connectivity index (χ2n) is 23.9. The summed E-state index contributed by atoms with van der Waals surface area (Å²) in [4.78, 5) is 67.3. The van der Waals surface area contributed by atoms with Gasteiger partial charge < -0.3 is 41.3 Å². The number of hydrogen-bond donors (Lipinski definition) is 5. The number of rotatable bonds is 12. The molecule has 7 aliphatic rings. The molecule has 3 amide bonds. The Labute approximate surface area is 442 Å². The van der Waals surface area contributed by atoms with Crippen molar-refractivity contribution in [1.82, 2.24) is 50.5 Å². The van der Waals surface area contributed by atoms with E-state index in [9.17, 15) is 24.6 Å². The Morgan fingerprint density at radius 2 is 1.55 bits per heavy atom. The molecule has 75 heavy (non-hydrogen) atoms. The summed E-state index contributed by atoms with van der Waals surface area (Å²) < 4.78 is 0. The van der Waals surface area contributed by atoms with Crippen LogP contribution in [0, 0.1) is 18.3 Å². The van der Waals surface area contributed by atoms with Crippen LogP contribution in [0.4, 0.5) is 11.5 Å². The topological polar surface area (TPSA) is 219 Å². The number of phenolic OH excluding ortho intramolecular Hbond substituents is 1. The van der Waals surface area contributed by atoms with Crippen molar-refractivity contribution in [2.75, 3.05) is 43.4 Å². The number of piperidine rings is 2. The number of likely N-dealkylation sites (tertiary alicyclic amines) is 2. The molecular formula is C57H70N12O5S. The van der Waals surface area contributed by atoms with E-state index in [4.69, 9.17) is 15.7 Å². The molecule has 3 aromatic heterocycles. The van der Waals surface area contributed by atoms with E-state index in [1.807, 2.05) is 51.4 Å². The van der Waals surface area contributed by atoms with Crippen LogP contribution in [0.1, 0.15) is 120 Å². The number of nitrogens with one attached hydrogen (secondary N) is 2. The molecule has 5 atom stereocenters. The number of carbonyl (C=O) groups excluding carboxylic acids is 3. The maximum atomic E-state index is 14.5. The van der Waals surface area contributed by atoms with Gasteiger partial charge in [0.05, 0.1) is 44.6 Å². The van der Waals surface area contributed by atoms with Crippen LogP contribution in [-0.4, -0.2) is 137 Å². The Hall–Kier alpha value is -6.08. The number of β-amino-alcohol motifs (C(OH)–C–C–N with tert-alkyl or cyclic N) is 1. The highest BCUT2D eigenvalue weighted by Crippen LogP contribution is 2.59. The minimum atomic E-state index is -0.853. The number of anilines is 2. The van der Waals surface area contributed by atoms with E-state index < -0.39 is 29.1 Å². The van der Waals surface area contributed by atoms with Gasteiger partial charge in [0, 0.05) is 68.1 Å². The Bertz CT molecular complexity index is 2950. The fourth-order valence-corrected chi connectivity index (χ4v) is 14.6. The van der Waals surface area contributed by atoms with Crippen LogP contribution in [0.25, 0.3) is 21.7 Å². The molecule has 0 radical (unpaired) electrons. The van der Waals surface area contributed by atoms with E-state index in [-0.39, 0.29) is 47.9 Å². The summed E-state index contributed by atoms with van der Waals surface area (Å²) in [7, 11) is 0. The first kappa shape index (κ1) is 49.8. The van der Waals surface area contributed by atoms with Gasteiger partial charge in [-0.05, 0) is 130 Å². The molecule has 2 saturated carbocycles. The molecule has 394 valence electrons. The molecule has 18 heteroatoms. The predicted octanol–water partition coefficient (Wildman–Crippen LogP) is 6.25. The quantitative estimate of drug-likeness (QED) is 0.0934. The molecule has 0 spiro atoms. The summed E-state index contributed by atoms with van der Waals surface area (Å²) in [6.45, 7) is 11.5. The normalized spacial score (nSPS) is 27.9. The maximum Gasteiger partial charge on any atom is 0.246 e. The highest BCUT2D eigenvalue weighted by molar-refractivity contribution is 7.13. The number of aromatic nitrogens is 5. The number of nitrogen functional groups attached to an aromatic ring is 1. The number of para-hydroxylation sites is 1. The average molecular weight is 1040 g/mol. The van der Waals surface area contributed by atoms with Crippen molar-refractivity contribution in [2.24, 2.45) is 11.3 Å². The number of nitrogens with two attached hydrogens (primary N) is 1. The smallest absolute Gasteiger partial charge is 0.246 e. The zero-order chi connectivity index (χ0) is 52.0. The molecule has 12 rings (SSSR count). The average Bonchev–Trinajstić information content (AvgIpc) is 3.92. The second-order valence-corrected chi connectivity index (χ2v) is 24.7. The zero-order valence-electron chi connectivity index (χ0n) is 43.5. The van der Waals surface area contributed by atoms with Crippen LogP contribution < -0.4 is 21.3 Å². The summed E-state index contributed by atoms with van der Waals surface area (Å²) in [6, 6.07) is 16.9. The lowest BCUT2D eigenvalue weighted by Crippen LogP contribution is -2.83. The number of amides is 3. The fourth-order valence-electron chi connectivity index (χ4n) is 13.8. The van der Waals surface area contributed by atoms with Gasteiger partial charge in [0.2, 0.25) is 17.7 Å². The number of aliphatic hydroxyl groups is 1. The third-order valence-corrected chi connectivity index (χ3v) is 19.1. The number of phenols is 1. The summed E-state index contributed by atoms with van der Waals surface area (Å²) >= 11 is 1.61. The van der Waals surface area contributed by atoms with E-state index in [0.717, 1.165) is 124 Å². The SMILES string of the molecule is Cc1ncsc1-c1ccc(C2(NC(=O)[C@@H]3C[C@@H](O)CN3C(=O)[C@@H](NC(=O)[C@H]3CC[C@H](N4CCC(c5cnc(C67CC8CN(c9cc(-c%10ccccc%10O)nnc9N)CC(C6)N87)nc5)CC4)CC3)C(C)(C)C)CC2)cc1. The first-order valence-corrected chi connectivity index (χ1v) is 28.1. The minimum absolute atomic E-state index is 0.0464. The van der Waals surface area contributed by atoms with Gasteiger partial charge in [-0.1, -0.05) is 57.2 Å². The van der Waals surface area contributed by atoms with Crippen LogP contribution in [-0.2, 0) is 25.5 Å². The van der Waals surface area contributed by atoms with Crippen LogP contribution in [0.2, 0.25) is 0 Å². The molecule has 7 fully saturated rings. The molecule has 6 N–H and O–H groups in total. The van der Waals surface area contributed by atoms with Crippen molar-refractivity contribution in [2.45, 2.75) is 152 Å². The first-order valence-electron chi connectivity index (χ1n) is 27.2. The van der Waals surface area contributed by atoms with E-state index >= 15 is 0 Å². The molecule has 0 bridgehead atoms. The van der Waals surface area contributed by atoms with Crippen LogP contribution >= 0.6 is 11.3 Å². The van der Waals surface area contributed by atoms with Crippen LogP contribution in [0.15, 0.2) is 72.5 Å². The van der Waals surface area contributed by atoms with Gasteiger partial charge in [-0.3, -0.25) is 19.3 Å². The summed E-state index contributed by atoms with van der Waals surface area (Å²) in [5.41, 5.74) is 13.4. The number of aliphatic hydroxyl groups excluding tert-OH is 1. The number of benzene rings is 2. The fraction of sp³-hybridized carbons (Fsp3) is 0.544. The highest BCUT2D eigenvalue weighted by atomic mass is 32.1. The molecule has 17 nitrogen and oxygen atoms in total. The molecule has 2 aromatic carbocycles. The van der Waals surface area contributed by atoms with Crippen LogP contribution in [0.3, 0.4) is 0 Å². The van der Waals surface area contributed by atoms with Gasteiger partial charge >= 0.3 is 0 Å². The first-order chi connectivity index (χ1) is 36.1. The third-order valence-electron chi connectivity index (χ3n) is 18.1. The number of thiazole rings is 1. The van der Waals surface area contributed by atoms with Crippen molar-refractivity contribution < 1.29 is 24.6 Å². The zero-order valence-corrected chi connectivity index (χ0v) is 44.3. The van der Waals surface area contributed by atoms with Crippen LogP contribution in [0.5, 0.6) is 5.75 Å². The molecule has 8 heterocycles. The van der Waals surface area contributed by atoms with Crippen molar-refractivity contribution in [3.05, 3.63) is 95.1 Å². The van der Waals surface area contributed by atoms with Gasteiger partial charge in [0.1, 0.15) is 23.7 Å². The largest absolute Gasteiger partial charge is 0.507 e. The number of hydrogen-bond acceptors (Lipinski definition) is 15. The Morgan fingerprint density at radius 1 is 0.853 bits per heavy atom.